The summed E-state index contributed by atoms with van der Waals surface area (Å²) in [5, 5.41) is 15.9. The first-order valence-corrected chi connectivity index (χ1v) is 8.00. The number of rotatable bonds is 5. The number of hydrogen-bond donors (Lipinski definition) is 1. The molecule has 0 atom stereocenters. The zero-order valence-corrected chi connectivity index (χ0v) is 13.3. The number of nitrogens with one attached hydrogen (secondary N) is 1. The predicted molar refractivity (Wildman–Crippen MR) is 88.0 cm³/mol. The highest BCUT2D eigenvalue weighted by Gasteiger charge is 2.02. The summed E-state index contributed by atoms with van der Waals surface area (Å²) in [4.78, 5) is 4.32. The Balaban J connectivity index is 1.99. The number of aliphatic imine (C=N–C) groups is 1. The lowest BCUT2D eigenvalue weighted by Crippen LogP contribution is -2.12. The van der Waals surface area contributed by atoms with Gasteiger partial charge in [0.2, 0.25) is 0 Å². The quantitative estimate of drug-likeness (QED) is 0.397. The van der Waals surface area contributed by atoms with E-state index < -0.39 is 0 Å². The molecule has 1 aromatic heterocycles. The van der Waals surface area contributed by atoms with Crippen molar-refractivity contribution < 1.29 is 4.74 Å². The molecule has 0 unspecified atom stereocenters. The van der Waals surface area contributed by atoms with Crippen LogP contribution in [0.25, 0.3) is 0 Å². The molecule has 2 aromatic rings. The lowest BCUT2D eigenvalue weighted by molar-refractivity contribution is 0.292. The second kappa shape index (κ2) is 8.10. The molecule has 22 heavy (non-hydrogen) atoms. The highest BCUT2D eigenvalue weighted by molar-refractivity contribution is 8.13. The van der Waals surface area contributed by atoms with Crippen molar-refractivity contribution in [3.8, 4) is 11.9 Å². The van der Waals surface area contributed by atoms with E-state index in [1.54, 1.807) is 6.20 Å². The minimum atomic E-state index is 0.475. The normalized spacial score (nSPS) is 11.0. The van der Waals surface area contributed by atoms with Crippen LogP contribution in [0.5, 0.6) is 5.75 Å². The smallest absolute Gasteiger partial charge is 0.183 e. The zero-order chi connectivity index (χ0) is 15.8. The number of thioether (sulfide) groups is 1. The van der Waals surface area contributed by atoms with Gasteiger partial charge in [-0.2, -0.15) is 10.4 Å². The first-order chi connectivity index (χ1) is 10.8. The fraction of sp³-hybridized carbons (Fsp3) is 0.267. The van der Waals surface area contributed by atoms with E-state index in [1.807, 2.05) is 54.4 Å². The van der Waals surface area contributed by atoms with Crippen LogP contribution in [0, 0.1) is 11.5 Å². The van der Waals surface area contributed by atoms with E-state index >= 15 is 0 Å². The molecule has 0 aliphatic heterocycles. The van der Waals surface area contributed by atoms with Crippen LogP contribution in [0.1, 0.15) is 12.6 Å². The fourth-order valence-electron chi connectivity index (χ4n) is 1.83. The van der Waals surface area contributed by atoms with Crippen LogP contribution in [0.4, 0.5) is 5.69 Å². The average molecular weight is 315 g/mol. The van der Waals surface area contributed by atoms with E-state index in [0.717, 1.165) is 23.7 Å². The predicted octanol–water partition coefficient (Wildman–Crippen LogP) is 2.90. The second-order valence-corrected chi connectivity index (χ2v) is 5.07. The van der Waals surface area contributed by atoms with E-state index in [0.29, 0.717) is 11.8 Å². The maximum absolute atomic E-state index is 8.61. The van der Waals surface area contributed by atoms with Crippen LogP contribution in [0.15, 0.2) is 41.5 Å². The summed E-state index contributed by atoms with van der Waals surface area (Å²) in [6.07, 6.45) is 5.49. The van der Waals surface area contributed by atoms with Crippen molar-refractivity contribution in [1.82, 2.24) is 15.1 Å². The monoisotopic (exact) mass is 315 g/mol. The molecule has 0 spiro atoms. The van der Waals surface area contributed by atoms with Crippen molar-refractivity contribution in [3.05, 3.63) is 42.2 Å². The minimum Gasteiger partial charge on any atom is -0.487 e. The molecule has 6 nitrogen and oxygen atoms in total. The summed E-state index contributed by atoms with van der Waals surface area (Å²) in [6.45, 7) is 3.34. The van der Waals surface area contributed by atoms with Gasteiger partial charge in [0.1, 0.15) is 12.4 Å². The first-order valence-electron chi connectivity index (χ1n) is 6.78. The van der Waals surface area contributed by atoms with Crippen molar-refractivity contribution >= 4 is 22.6 Å². The van der Waals surface area contributed by atoms with Crippen molar-refractivity contribution in [1.29, 1.82) is 5.26 Å². The maximum Gasteiger partial charge on any atom is 0.183 e. The van der Waals surface area contributed by atoms with Crippen molar-refractivity contribution in [2.24, 2.45) is 4.99 Å². The van der Waals surface area contributed by atoms with Gasteiger partial charge in [0.05, 0.1) is 11.4 Å². The van der Waals surface area contributed by atoms with E-state index in [2.05, 4.69) is 15.4 Å². The summed E-state index contributed by atoms with van der Waals surface area (Å²) < 4.78 is 7.64. The highest BCUT2D eigenvalue weighted by atomic mass is 32.2. The van der Waals surface area contributed by atoms with Gasteiger partial charge < -0.3 is 4.74 Å². The Hall–Kier alpha value is -2.46. The number of nitriles is 1. The number of nitrogens with zero attached hydrogens (tertiary/aromatic N) is 4. The van der Waals surface area contributed by atoms with Gasteiger partial charge in [0, 0.05) is 12.7 Å². The fourth-order valence-corrected chi connectivity index (χ4v) is 2.18. The SMILES string of the molecule is CCn1nccc1COc1ccc(N=C(NC#N)SC)cc1. The molecule has 1 aromatic carbocycles. The van der Waals surface area contributed by atoms with Gasteiger partial charge in [-0.05, 0) is 43.5 Å². The van der Waals surface area contributed by atoms with E-state index in [-0.39, 0.29) is 0 Å². The molecular weight excluding hydrogens is 298 g/mol. The standard InChI is InChI=1S/C15H17N5OS/c1-3-20-13(8-9-18-20)10-21-14-6-4-12(5-7-14)19-15(22-2)17-11-16/h4-9H,3,10H2,1-2H3,(H,17,19). The van der Waals surface area contributed by atoms with Crippen LogP contribution >= 0.6 is 11.8 Å². The molecule has 0 saturated heterocycles. The molecule has 1 N–H and O–H groups in total. The number of hydrogen-bond acceptors (Lipinski definition) is 5. The summed E-state index contributed by atoms with van der Waals surface area (Å²) in [6, 6.07) is 9.36. The average Bonchev–Trinajstić information content (AvgIpc) is 3.01. The van der Waals surface area contributed by atoms with Gasteiger partial charge in [-0.3, -0.25) is 10.00 Å². The summed E-state index contributed by atoms with van der Waals surface area (Å²) in [5.74, 6) is 0.766. The van der Waals surface area contributed by atoms with Crippen molar-refractivity contribution in [3.63, 3.8) is 0 Å². The molecule has 0 bridgehead atoms. The molecule has 1 heterocycles. The molecule has 0 saturated carbocycles. The number of aromatic nitrogens is 2. The molecule has 0 fully saturated rings. The Morgan fingerprint density at radius 1 is 1.41 bits per heavy atom. The van der Waals surface area contributed by atoms with Gasteiger partial charge in [-0.25, -0.2) is 4.99 Å². The van der Waals surface area contributed by atoms with E-state index in [4.69, 9.17) is 10.00 Å². The third kappa shape index (κ3) is 4.27. The Morgan fingerprint density at radius 2 is 2.18 bits per heavy atom. The third-order valence-corrected chi connectivity index (χ3v) is 3.49. The van der Waals surface area contributed by atoms with Crippen LogP contribution in [0.3, 0.4) is 0 Å². The van der Waals surface area contributed by atoms with Crippen molar-refractivity contribution in [2.45, 2.75) is 20.1 Å². The van der Waals surface area contributed by atoms with Gasteiger partial charge in [0.25, 0.3) is 0 Å². The van der Waals surface area contributed by atoms with Gasteiger partial charge in [0.15, 0.2) is 11.4 Å². The molecule has 0 radical (unpaired) electrons. The molecule has 0 amide bonds. The first kappa shape index (κ1) is 15.9. The van der Waals surface area contributed by atoms with Crippen LogP contribution in [-0.4, -0.2) is 21.2 Å². The maximum atomic E-state index is 8.61. The molecular formula is C15H17N5OS. The number of aryl methyl sites for hydroxylation is 1. The zero-order valence-electron chi connectivity index (χ0n) is 12.5. The Labute approximate surface area is 133 Å². The number of amidine groups is 1. The summed E-state index contributed by atoms with van der Waals surface area (Å²) in [7, 11) is 0. The Morgan fingerprint density at radius 3 is 2.82 bits per heavy atom. The second-order valence-electron chi connectivity index (χ2n) is 4.28. The Kier molecular flexibility index (Phi) is 5.86. The van der Waals surface area contributed by atoms with E-state index in [9.17, 15) is 0 Å². The van der Waals surface area contributed by atoms with Gasteiger partial charge >= 0.3 is 0 Å². The molecule has 7 heteroatoms. The summed E-state index contributed by atoms with van der Waals surface area (Å²) in [5.41, 5.74) is 1.80. The van der Waals surface area contributed by atoms with Crippen LogP contribution in [-0.2, 0) is 13.2 Å². The lowest BCUT2D eigenvalue weighted by Gasteiger charge is -2.08. The van der Waals surface area contributed by atoms with Crippen LogP contribution in [0.2, 0.25) is 0 Å². The number of ether oxygens (including phenoxy) is 1. The molecule has 2 rings (SSSR count). The number of benzene rings is 1. The highest BCUT2D eigenvalue weighted by Crippen LogP contribution is 2.20. The lowest BCUT2D eigenvalue weighted by atomic mass is 10.3. The van der Waals surface area contributed by atoms with Crippen molar-refractivity contribution in [2.75, 3.05) is 6.26 Å². The van der Waals surface area contributed by atoms with Gasteiger partial charge in [-0.15, -0.1) is 0 Å². The van der Waals surface area contributed by atoms with Gasteiger partial charge in [-0.1, -0.05) is 11.8 Å². The Bertz CT molecular complexity index is 672. The molecule has 0 aliphatic carbocycles. The summed E-state index contributed by atoms with van der Waals surface area (Å²) >= 11 is 1.38. The minimum absolute atomic E-state index is 0.475. The van der Waals surface area contributed by atoms with Crippen LogP contribution < -0.4 is 10.1 Å². The van der Waals surface area contributed by atoms with E-state index in [1.165, 1.54) is 11.8 Å². The topological polar surface area (TPSA) is 75.2 Å². The molecule has 0 aliphatic rings. The largest absolute Gasteiger partial charge is 0.487 e. The third-order valence-electron chi connectivity index (χ3n) is 2.91. The molecule has 114 valence electrons.